The van der Waals surface area contributed by atoms with Crippen molar-refractivity contribution >= 4 is 12.2 Å². The molecule has 6 heteroatoms. The molecule has 0 atom stereocenters. The normalized spacial score (nSPS) is 10.5. The van der Waals surface area contributed by atoms with E-state index in [2.05, 4.69) is 20.5 Å². The van der Waals surface area contributed by atoms with Gasteiger partial charge in [0.05, 0.1) is 11.9 Å². The Hall–Kier alpha value is -3.72. The Kier molecular flexibility index (Phi) is 4.45. The van der Waals surface area contributed by atoms with Gasteiger partial charge in [0.25, 0.3) is 5.56 Å². The summed E-state index contributed by atoms with van der Waals surface area (Å²) in [6.45, 7) is 0. The summed E-state index contributed by atoms with van der Waals surface area (Å²) in [6.07, 6.45) is 1.61. The molecule has 0 aliphatic heterocycles. The lowest BCUT2D eigenvalue weighted by Gasteiger charge is -2.05. The number of nitrogens with one attached hydrogen (secondary N) is 2. The molecular formula is C18H13N5O. The van der Waals surface area contributed by atoms with E-state index in [0.717, 1.165) is 5.56 Å². The number of hydrazone groups is 1. The summed E-state index contributed by atoms with van der Waals surface area (Å²) in [6, 6.07) is 20.5. The van der Waals surface area contributed by atoms with E-state index in [9.17, 15) is 10.1 Å². The predicted octanol–water partition coefficient (Wildman–Crippen LogP) is 2.75. The second-order valence-electron chi connectivity index (χ2n) is 4.90. The Balaban J connectivity index is 1.93. The van der Waals surface area contributed by atoms with Crippen molar-refractivity contribution in [2.75, 3.05) is 5.43 Å². The van der Waals surface area contributed by atoms with Gasteiger partial charge in [-0.1, -0.05) is 60.7 Å². The van der Waals surface area contributed by atoms with E-state index in [-0.39, 0.29) is 11.5 Å². The molecule has 0 aliphatic rings. The summed E-state index contributed by atoms with van der Waals surface area (Å²) >= 11 is 0. The number of nitrogens with zero attached hydrogens (tertiary/aromatic N) is 3. The molecule has 0 fully saturated rings. The van der Waals surface area contributed by atoms with Gasteiger partial charge in [0.15, 0.2) is 0 Å². The van der Waals surface area contributed by atoms with Crippen LogP contribution in [0.4, 0.5) is 5.95 Å². The summed E-state index contributed by atoms with van der Waals surface area (Å²) in [7, 11) is 0. The Morgan fingerprint density at radius 2 is 1.75 bits per heavy atom. The molecule has 0 saturated carbocycles. The van der Waals surface area contributed by atoms with Crippen LogP contribution in [-0.2, 0) is 0 Å². The molecule has 0 spiro atoms. The lowest BCUT2D eigenvalue weighted by atomic mass is 10.1. The van der Waals surface area contributed by atoms with Gasteiger partial charge in [0, 0.05) is 5.56 Å². The van der Waals surface area contributed by atoms with Crippen LogP contribution in [0.25, 0.3) is 11.3 Å². The number of nitriles is 1. The van der Waals surface area contributed by atoms with Crippen molar-refractivity contribution in [3.8, 4) is 17.3 Å². The maximum atomic E-state index is 12.1. The number of benzene rings is 2. The van der Waals surface area contributed by atoms with Crippen molar-refractivity contribution in [1.82, 2.24) is 9.97 Å². The van der Waals surface area contributed by atoms with Crippen LogP contribution in [0.3, 0.4) is 0 Å². The van der Waals surface area contributed by atoms with Crippen LogP contribution in [0.2, 0.25) is 0 Å². The van der Waals surface area contributed by atoms with Gasteiger partial charge >= 0.3 is 0 Å². The predicted molar refractivity (Wildman–Crippen MR) is 92.7 cm³/mol. The first-order valence-corrected chi connectivity index (χ1v) is 7.22. The third-order valence-electron chi connectivity index (χ3n) is 3.26. The van der Waals surface area contributed by atoms with Crippen molar-refractivity contribution in [2.45, 2.75) is 0 Å². The van der Waals surface area contributed by atoms with Crippen LogP contribution >= 0.6 is 0 Å². The number of hydrogen-bond donors (Lipinski definition) is 2. The van der Waals surface area contributed by atoms with Gasteiger partial charge < -0.3 is 0 Å². The van der Waals surface area contributed by atoms with Gasteiger partial charge in [-0.3, -0.25) is 9.78 Å². The fourth-order valence-corrected chi connectivity index (χ4v) is 2.14. The average Bonchev–Trinajstić information content (AvgIpc) is 2.63. The van der Waals surface area contributed by atoms with Crippen molar-refractivity contribution in [3.05, 3.63) is 82.1 Å². The maximum Gasteiger partial charge on any atom is 0.270 e. The van der Waals surface area contributed by atoms with Gasteiger partial charge in [-0.25, -0.2) is 10.4 Å². The van der Waals surface area contributed by atoms with Gasteiger partial charge in [-0.15, -0.1) is 0 Å². The van der Waals surface area contributed by atoms with Crippen LogP contribution in [0.5, 0.6) is 0 Å². The molecule has 3 rings (SSSR count). The lowest BCUT2D eigenvalue weighted by Crippen LogP contribution is -2.16. The Bertz CT molecular complexity index is 956. The van der Waals surface area contributed by atoms with E-state index in [1.165, 1.54) is 0 Å². The van der Waals surface area contributed by atoms with Crippen LogP contribution in [0.15, 0.2) is 70.6 Å². The minimum absolute atomic E-state index is 0.0289. The topological polar surface area (TPSA) is 93.9 Å². The molecule has 1 aromatic heterocycles. The van der Waals surface area contributed by atoms with E-state index >= 15 is 0 Å². The number of aromatic amines is 1. The highest BCUT2D eigenvalue weighted by Crippen LogP contribution is 2.19. The molecule has 0 amide bonds. The molecule has 0 unspecified atom stereocenters. The van der Waals surface area contributed by atoms with Crippen LogP contribution in [0.1, 0.15) is 11.1 Å². The molecule has 1 heterocycles. The Morgan fingerprint density at radius 1 is 1.08 bits per heavy atom. The first kappa shape index (κ1) is 15.2. The van der Waals surface area contributed by atoms with Gasteiger partial charge in [0.2, 0.25) is 5.95 Å². The molecule has 2 N–H and O–H groups in total. The zero-order chi connectivity index (χ0) is 16.8. The standard InChI is InChI=1S/C18H13N5O/c19-11-15-16(14-9-5-2-6-10-14)21-18(22-17(15)24)23-20-12-13-7-3-1-4-8-13/h1-10,12H,(H2,21,22,23,24). The SMILES string of the molecule is N#Cc1c(-c2ccccc2)nc(NN=Cc2ccccc2)[nH]c1=O. The average molecular weight is 315 g/mol. The van der Waals surface area contributed by atoms with E-state index in [4.69, 9.17) is 0 Å². The Morgan fingerprint density at radius 3 is 2.42 bits per heavy atom. The lowest BCUT2D eigenvalue weighted by molar-refractivity contribution is 1.08. The molecule has 6 nitrogen and oxygen atoms in total. The minimum Gasteiger partial charge on any atom is -0.290 e. The van der Waals surface area contributed by atoms with E-state index in [0.29, 0.717) is 11.3 Å². The third kappa shape index (κ3) is 3.36. The quantitative estimate of drug-likeness (QED) is 0.572. The summed E-state index contributed by atoms with van der Waals surface area (Å²) in [5.74, 6) is 0.171. The zero-order valence-corrected chi connectivity index (χ0v) is 12.6. The molecule has 0 saturated heterocycles. The van der Waals surface area contributed by atoms with Gasteiger partial charge in [-0.05, 0) is 5.56 Å². The van der Waals surface area contributed by atoms with Gasteiger partial charge in [0.1, 0.15) is 11.6 Å². The number of aromatic nitrogens is 2. The molecule has 0 radical (unpaired) electrons. The summed E-state index contributed by atoms with van der Waals surface area (Å²) in [4.78, 5) is 18.9. The molecule has 24 heavy (non-hydrogen) atoms. The molecule has 3 aromatic rings. The molecule has 2 aromatic carbocycles. The molecule has 0 bridgehead atoms. The highest BCUT2D eigenvalue weighted by molar-refractivity contribution is 5.79. The smallest absolute Gasteiger partial charge is 0.270 e. The van der Waals surface area contributed by atoms with Crippen molar-refractivity contribution in [1.29, 1.82) is 5.26 Å². The fourth-order valence-electron chi connectivity index (χ4n) is 2.14. The Labute approximate surface area is 138 Å². The second-order valence-corrected chi connectivity index (χ2v) is 4.90. The largest absolute Gasteiger partial charge is 0.290 e. The summed E-state index contributed by atoms with van der Waals surface area (Å²) in [5.41, 5.74) is 4.07. The molecule has 0 aliphatic carbocycles. The third-order valence-corrected chi connectivity index (χ3v) is 3.26. The highest BCUT2D eigenvalue weighted by atomic mass is 16.1. The molecular weight excluding hydrogens is 302 g/mol. The number of rotatable bonds is 4. The van der Waals surface area contributed by atoms with Gasteiger partial charge in [-0.2, -0.15) is 10.4 Å². The van der Waals surface area contributed by atoms with Crippen molar-refractivity contribution in [3.63, 3.8) is 0 Å². The zero-order valence-electron chi connectivity index (χ0n) is 12.6. The first-order valence-electron chi connectivity index (χ1n) is 7.22. The highest BCUT2D eigenvalue weighted by Gasteiger charge is 2.12. The van der Waals surface area contributed by atoms with Crippen molar-refractivity contribution in [2.24, 2.45) is 5.10 Å². The fraction of sp³-hybridized carbons (Fsp3) is 0. The maximum absolute atomic E-state index is 12.1. The minimum atomic E-state index is -0.510. The van der Waals surface area contributed by atoms with E-state index in [1.807, 2.05) is 54.6 Å². The van der Waals surface area contributed by atoms with Crippen LogP contribution < -0.4 is 11.0 Å². The summed E-state index contributed by atoms with van der Waals surface area (Å²) < 4.78 is 0. The van der Waals surface area contributed by atoms with Crippen molar-refractivity contribution < 1.29 is 0 Å². The number of hydrogen-bond acceptors (Lipinski definition) is 5. The first-order chi connectivity index (χ1) is 11.8. The molecule has 116 valence electrons. The van der Waals surface area contributed by atoms with E-state index < -0.39 is 5.56 Å². The monoisotopic (exact) mass is 315 g/mol. The van der Waals surface area contributed by atoms with Crippen LogP contribution in [-0.4, -0.2) is 16.2 Å². The summed E-state index contributed by atoms with van der Waals surface area (Å²) in [5, 5.41) is 13.3. The second kappa shape index (κ2) is 7.03. The van der Waals surface area contributed by atoms with E-state index in [1.54, 1.807) is 18.3 Å². The number of anilines is 1. The number of H-pyrrole nitrogens is 1. The van der Waals surface area contributed by atoms with Crippen LogP contribution in [0, 0.1) is 11.3 Å².